The van der Waals surface area contributed by atoms with Crippen LogP contribution in [0.1, 0.15) is 77.0 Å². The van der Waals surface area contributed by atoms with Gasteiger partial charge < -0.3 is 25.9 Å². The van der Waals surface area contributed by atoms with E-state index in [1.165, 1.54) is 51.0 Å². The second-order valence-corrected chi connectivity index (χ2v) is 10.6. The predicted molar refractivity (Wildman–Crippen MR) is 143 cm³/mol. The van der Waals surface area contributed by atoms with Gasteiger partial charge in [-0.3, -0.25) is 14.6 Å². The number of allylic oxidation sites excluding steroid dienone is 1. The Morgan fingerprint density at radius 3 is 2.21 bits per heavy atom. The van der Waals surface area contributed by atoms with Gasteiger partial charge in [0.2, 0.25) is 5.52 Å². The molecule has 13 nitrogen and oxygen atoms in total. The van der Waals surface area contributed by atoms with Crippen molar-refractivity contribution in [1.82, 2.24) is 10.3 Å². The van der Waals surface area contributed by atoms with Gasteiger partial charge in [0.15, 0.2) is 5.52 Å². The van der Waals surface area contributed by atoms with Gasteiger partial charge in [0.05, 0.1) is 29.4 Å². The number of nitrogens with two attached hydrogens (primary N) is 1. The van der Waals surface area contributed by atoms with Crippen LogP contribution >= 0.6 is 7.82 Å². The van der Waals surface area contributed by atoms with Crippen LogP contribution in [0.25, 0.3) is 11.0 Å². The third-order valence-electron chi connectivity index (χ3n) is 6.16. The number of nitro benzene ring substituents is 1. The fourth-order valence-electron chi connectivity index (χ4n) is 4.00. The molecule has 1 aromatic heterocycles. The normalized spacial score (nSPS) is 13.8. The highest BCUT2D eigenvalue weighted by Gasteiger charge is 2.20. The largest absolute Gasteiger partial charge is 0.469 e. The predicted octanol–water partition coefficient (Wildman–Crippen LogP) is 4.58. The summed E-state index contributed by atoms with van der Waals surface area (Å²) in [4.78, 5) is 27.8. The molecule has 0 amide bonds. The first-order valence-corrected chi connectivity index (χ1v) is 14.7. The van der Waals surface area contributed by atoms with Gasteiger partial charge in [-0.1, -0.05) is 69.9 Å². The maximum atomic E-state index is 11.0. The number of phosphoric ester groups is 1. The molecule has 1 aromatic carbocycles. The van der Waals surface area contributed by atoms with E-state index in [0.29, 0.717) is 11.2 Å². The number of anilines is 1. The van der Waals surface area contributed by atoms with Gasteiger partial charge in [-0.25, -0.2) is 9.19 Å². The van der Waals surface area contributed by atoms with E-state index in [2.05, 4.69) is 24.8 Å². The summed E-state index contributed by atoms with van der Waals surface area (Å²) in [5, 5.41) is 31.6. The summed E-state index contributed by atoms with van der Waals surface area (Å²) in [6, 6.07) is 2.16. The van der Waals surface area contributed by atoms with Gasteiger partial charge in [-0.05, 0) is 35.6 Å². The summed E-state index contributed by atoms with van der Waals surface area (Å²) < 4.78 is 19.6. The van der Waals surface area contributed by atoms with Crippen LogP contribution in [0, 0.1) is 10.1 Å². The van der Waals surface area contributed by atoms with E-state index in [0.717, 1.165) is 38.6 Å². The van der Waals surface area contributed by atoms with E-state index in [4.69, 9.17) is 15.5 Å². The molecule has 0 aliphatic heterocycles. The van der Waals surface area contributed by atoms with Crippen molar-refractivity contribution in [3.8, 4) is 0 Å². The number of unbranched alkanes of at least 4 members (excludes halogenated alkanes) is 11. The maximum Gasteiger partial charge on any atom is 0.469 e. The molecule has 38 heavy (non-hydrogen) atoms. The third-order valence-corrected chi connectivity index (χ3v) is 6.65. The number of hydrogen-bond donors (Lipinski definition) is 5. The fraction of sp³-hybridized carbons (Fsp3) is 0.667. The standard InChI is InChI=1S/C24H40N5O8P/c25-19(18-36-38(33,34)35)22(30)14-12-10-8-6-4-2-1-3-5-7-9-11-13-17-26-20-15-16-21(29(31)32)24-23(20)27-37-28-24/h12,14-16,19,22,26,30H,1-11,13,17-18,25H2,(H2,33,34,35)/b14-12+/t19-,22+/m0/s1. The second-order valence-electron chi connectivity index (χ2n) is 9.32. The summed E-state index contributed by atoms with van der Waals surface area (Å²) in [7, 11) is -4.58. The Kier molecular flexibility index (Phi) is 14.4. The number of nitrogens with one attached hydrogen (secondary N) is 1. The van der Waals surface area contributed by atoms with Crippen LogP contribution in [0.2, 0.25) is 0 Å². The van der Waals surface area contributed by atoms with Crippen molar-refractivity contribution in [2.75, 3.05) is 18.5 Å². The lowest BCUT2D eigenvalue weighted by Gasteiger charge is -2.15. The summed E-state index contributed by atoms with van der Waals surface area (Å²) >= 11 is 0. The number of nitrogens with zero attached hydrogens (tertiary/aromatic N) is 3. The van der Waals surface area contributed by atoms with Crippen molar-refractivity contribution in [2.24, 2.45) is 5.73 Å². The molecule has 0 fully saturated rings. The highest BCUT2D eigenvalue weighted by Crippen LogP contribution is 2.35. The highest BCUT2D eigenvalue weighted by atomic mass is 31.2. The Balaban J connectivity index is 1.40. The van der Waals surface area contributed by atoms with E-state index in [-0.39, 0.29) is 11.2 Å². The van der Waals surface area contributed by atoms with E-state index in [9.17, 15) is 19.8 Å². The van der Waals surface area contributed by atoms with Crippen LogP contribution in [-0.2, 0) is 9.09 Å². The number of phosphoric acid groups is 1. The summed E-state index contributed by atoms with van der Waals surface area (Å²) in [5.41, 5.74) is 6.74. The molecular formula is C24H40N5O8P. The van der Waals surface area contributed by atoms with Gasteiger partial charge in [0.25, 0.3) is 0 Å². The second kappa shape index (κ2) is 17.2. The average molecular weight is 558 g/mol. The number of aromatic nitrogens is 2. The number of fused-ring (bicyclic) bond motifs is 1. The summed E-state index contributed by atoms with van der Waals surface area (Å²) in [6.07, 6.45) is 15.9. The molecule has 0 aliphatic carbocycles. The molecule has 0 aliphatic rings. The van der Waals surface area contributed by atoms with Crippen LogP contribution in [0.4, 0.5) is 11.4 Å². The Morgan fingerprint density at radius 1 is 1.03 bits per heavy atom. The lowest BCUT2D eigenvalue weighted by molar-refractivity contribution is -0.383. The first kappa shape index (κ1) is 31.8. The minimum Gasteiger partial charge on any atom is -0.387 e. The van der Waals surface area contributed by atoms with Crippen LogP contribution in [-0.4, -0.2) is 55.4 Å². The lowest BCUT2D eigenvalue weighted by Crippen LogP contribution is -2.37. The number of rotatable bonds is 21. The first-order valence-electron chi connectivity index (χ1n) is 13.1. The molecule has 2 atom stereocenters. The van der Waals surface area contributed by atoms with Crippen molar-refractivity contribution in [3.63, 3.8) is 0 Å². The molecule has 0 unspecified atom stereocenters. The summed E-state index contributed by atoms with van der Waals surface area (Å²) in [5.74, 6) is 0. The average Bonchev–Trinajstić information content (AvgIpc) is 3.36. The lowest BCUT2D eigenvalue weighted by atomic mass is 10.0. The van der Waals surface area contributed by atoms with Gasteiger partial charge >= 0.3 is 13.5 Å². The molecule has 0 spiro atoms. The summed E-state index contributed by atoms with van der Waals surface area (Å²) in [6.45, 7) is 0.342. The Morgan fingerprint density at radius 2 is 1.61 bits per heavy atom. The first-order chi connectivity index (χ1) is 18.2. The molecule has 6 N–H and O–H groups in total. The smallest absolute Gasteiger partial charge is 0.387 e. The van der Waals surface area contributed by atoms with E-state index < -0.39 is 31.5 Å². The molecule has 1 heterocycles. The number of nitro groups is 1. The highest BCUT2D eigenvalue weighted by molar-refractivity contribution is 7.46. The van der Waals surface area contributed by atoms with Gasteiger partial charge in [0.1, 0.15) is 0 Å². The molecule has 14 heteroatoms. The molecule has 2 rings (SSSR count). The Bertz CT molecular complexity index is 1040. The van der Waals surface area contributed by atoms with Crippen LogP contribution in [0.5, 0.6) is 0 Å². The van der Waals surface area contributed by atoms with Crippen molar-refractivity contribution >= 4 is 30.2 Å². The minimum atomic E-state index is -4.58. The Hall–Kier alpha value is -2.41. The van der Waals surface area contributed by atoms with Gasteiger partial charge in [0, 0.05) is 12.6 Å². The molecule has 0 bridgehead atoms. The monoisotopic (exact) mass is 557 g/mol. The van der Waals surface area contributed by atoms with Crippen molar-refractivity contribution in [1.29, 1.82) is 0 Å². The molecule has 0 radical (unpaired) electrons. The third kappa shape index (κ3) is 12.4. The number of aliphatic hydroxyl groups excluding tert-OH is 1. The van der Waals surface area contributed by atoms with Crippen LogP contribution < -0.4 is 11.1 Å². The van der Waals surface area contributed by atoms with Crippen molar-refractivity contribution in [2.45, 2.75) is 89.2 Å². The van der Waals surface area contributed by atoms with Crippen molar-refractivity contribution in [3.05, 3.63) is 34.4 Å². The number of benzene rings is 1. The quantitative estimate of drug-likeness (QED) is 0.0470. The van der Waals surface area contributed by atoms with E-state index in [1.807, 2.05) is 6.08 Å². The molecule has 0 saturated heterocycles. The van der Waals surface area contributed by atoms with Gasteiger partial charge in [-0.15, -0.1) is 0 Å². The zero-order valence-electron chi connectivity index (χ0n) is 21.6. The fourth-order valence-corrected chi connectivity index (χ4v) is 4.37. The van der Waals surface area contributed by atoms with Crippen LogP contribution in [0.15, 0.2) is 28.9 Å². The topological polar surface area (TPSA) is 207 Å². The Labute approximate surface area is 222 Å². The molecule has 214 valence electrons. The van der Waals surface area contributed by atoms with E-state index >= 15 is 0 Å². The number of aliphatic hydroxyl groups is 1. The zero-order valence-corrected chi connectivity index (χ0v) is 22.5. The van der Waals surface area contributed by atoms with Crippen molar-refractivity contribution < 1.29 is 33.5 Å². The van der Waals surface area contributed by atoms with E-state index in [1.54, 1.807) is 12.1 Å². The number of non-ortho nitro benzene ring substituents is 1. The maximum absolute atomic E-state index is 11.0. The van der Waals surface area contributed by atoms with Crippen LogP contribution in [0.3, 0.4) is 0 Å². The molecular weight excluding hydrogens is 517 g/mol. The molecule has 0 saturated carbocycles. The SMILES string of the molecule is N[C@@H](COP(=O)(O)O)[C@H](O)/C=C/CCCCCCCCCCCCCNc1ccc([N+](=O)[O-])c2nonc12. The molecule has 2 aromatic rings. The minimum absolute atomic E-state index is 0.116. The zero-order chi connectivity index (χ0) is 27.8. The van der Waals surface area contributed by atoms with Gasteiger partial charge in [-0.2, -0.15) is 0 Å². The number of hydrogen-bond acceptors (Lipinski definition) is 10.